The molecule has 0 aliphatic carbocycles. The summed E-state index contributed by atoms with van der Waals surface area (Å²) in [4.78, 5) is 12.3. The van der Waals surface area contributed by atoms with Crippen LogP contribution in [0.1, 0.15) is 44.2 Å². The Morgan fingerprint density at radius 3 is 2.52 bits per heavy atom. The Morgan fingerprint density at radius 2 is 2.00 bits per heavy atom. The highest BCUT2D eigenvalue weighted by Crippen LogP contribution is 2.17. The minimum Gasteiger partial charge on any atom is -0.350 e. The van der Waals surface area contributed by atoms with Gasteiger partial charge < -0.3 is 10.6 Å². The van der Waals surface area contributed by atoms with Gasteiger partial charge in [-0.1, -0.05) is 12.1 Å². The molecule has 1 fully saturated rings. The molecular formula is C16H25ClN2O3S. The molecule has 0 radical (unpaired) electrons. The molecule has 0 saturated carbocycles. The lowest BCUT2D eigenvalue weighted by Crippen LogP contribution is -2.29. The number of nitrogens with one attached hydrogen (secondary N) is 2. The Bertz CT molecular complexity index is 611. The Morgan fingerprint density at radius 1 is 1.35 bits per heavy atom. The van der Waals surface area contributed by atoms with Crippen LogP contribution >= 0.6 is 12.4 Å². The monoisotopic (exact) mass is 360 g/mol. The lowest BCUT2D eigenvalue weighted by Gasteiger charge is -2.16. The zero-order valence-electron chi connectivity index (χ0n) is 13.5. The van der Waals surface area contributed by atoms with Gasteiger partial charge in [0.05, 0.1) is 10.9 Å². The summed E-state index contributed by atoms with van der Waals surface area (Å²) < 4.78 is 22.9. The van der Waals surface area contributed by atoms with Crippen molar-refractivity contribution < 1.29 is 13.2 Å². The van der Waals surface area contributed by atoms with Gasteiger partial charge in [-0.2, -0.15) is 0 Å². The molecular weight excluding hydrogens is 336 g/mol. The Labute approximate surface area is 144 Å². The molecule has 1 amide bonds. The average Bonchev–Trinajstić information content (AvgIpc) is 2.97. The number of halogens is 1. The molecule has 0 aromatic heterocycles. The summed E-state index contributed by atoms with van der Waals surface area (Å²) in [6, 6.07) is 7.00. The van der Waals surface area contributed by atoms with E-state index in [0.717, 1.165) is 24.9 Å². The van der Waals surface area contributed by atoms with E-state index in [1.807, 2.05) is 6.92 Å². The molecule has 1 heterocycles. The van der Waals surface area contributed by atoms with E-state index in [9.17, 15) is 13.2 Å². The van der Waals surface area contributed by atoms with Crippen LogP contribution in [0.5, 0.6) is 0 Å². The molecule has 1 aromatic rings. The van der Waals surface area contributed by atoms with E-state index in [1.165, 1.54) is 12.7 Å². The number of amides is 1. The standard InChI is InChI=1S/C16H24N2O3S.ClH/c1-12(13-5-8-15(9-6-13)22(2,20)21)18-16(19)10-7-14-4-3-11-17-14;/h5-6,8-9,12,14,17H,3-4,7,10-11H2,1-2H3,(H,18,19);1H. The van der Waals surface area contributed by atoms with Crippen molar-refractivity contribution in [2.75, 3.05) is 12.8 Å². The highest BCUT2D eigenvalue weighted by atomic mass is 35.5. The molecule has 1 aliphatic heterocycles. The molecule has 7 heteroatoms. The van der Waals surface area contributed by atoms with Crippen molar-refractivity contribution in [2.24, 2.45) is 0 Å². The van der Waals surface area contributed by atoms with Crippen LogP contribution in [0.3, 0.4) is 0 Å². The average molecular weight is 361 g/mol. The lowest BCUT2D eigenvalue weighted by atomic mass is 10.1. The third-order valence-electron chi connectivity index (χ3n) is 4.07. The van der Waals surface area contributed by atoms with E-state index in [0.29, 0.717) is 17.4 Å². The first-order valence-corrected chi connectivity index (χ1v) is 9.58. The van der Waals surface area contributed by atoms with Gasteiger partial charge >= 0.3 is 0 Å². The number of carbonyl (C=O) groups excluding carboxylic acids is 1. The zero-order valence-corrected chi connectivity index (χ0v) is 15.2. The first-order chi connectivity index (χ1) is 10.4. The molecule has 1 saturated heterocycles. The van der Waals surface area contributed by atoms with Gasteiger partial charge in [0.1, 0.15) is 0 Å². The van der Waals surface area contributed by atoms with Crippen LogP contribution in [0, 0.1) is 0 Å². The summed E-state index contributed by atoms with van der Waals surface area (Å²) in [5.74, 6) is 0.0355. The molecule has 130 valence electrons. The van der Waals surface area contributed by atoms with E-state index in [-0.39, 0.29) is 24.4 Å². The van der Waals surface area contributed by atoms with Crippen molar-refractivity contribution in [1.29, 1.82) is 0 Å². The van der Waals surface area contributed by atoms with Crippen molar-refractivity contribution in [2.45, 2.75) is 49.6 Å². The first kappa shape index (κ1) is 19.9. The normalized spacial score (nSPS) is 19.0. The van der Waals surface area contributed by atoms with E-state index in [4.69, 9.17) is 0 Å². The van der Waals surface area contributed by atoms with Crippen LogP contribution in [0.4, 0.5) is 0 Å². The third-order valence-corrected chi connectivity index (χ3v) is 5.20. The van der Waals surface area contributed by atoms with E-state index in [1.54, 1.807) is 24.3 Å². The highest BCUT2D eigenvalue weighted by molar-refractivity contribution is 7.90. The lowest BCUT2D eigenvalue weighted by molar-refractivity contribution is -0.121. The number of sulfone groups is 1. The van der Waals surface area contributed by atoms with Gasteiger partial charge in [-0.3, -0.25) is 4.79 Å². The maximum absolute atomic E-state index is 12.0. The minimum absolute atomic E-state index is 0. The maximum Gasteiger partial charge on any atom is 0.220 e. The maximum atomic E-state index is 12.0. The number of hydrogen-bond donors (Lipinski definition) is 2. The van der Waals surface area contributed by atoms with Crippen molar-refractivity contribution in [3.05, 3.63) is 29.8 Å². The van der Waals surface area contributed by atoms with Crippen molar-refractivity contribution in [3.8, 4) is 0 Å². The van der Waals surface area contributed by atoms with Crippen LogP contribution < -0.4 is 10.6 Å². The molecule has 0 bridgehead atoms. The van der Waals surface area contributed by atoms with E-state index < -0.39 is 9.84 Å². The predicted molar refractivity (Wildman–Crippen MR) is 93.6 cm³/mol. The van der Waals surface area contributed by atoms with Gasteiger partial charge in [0.2, 0.25) is 5.91 Å². The molecule has 2 N–H and O–H groups in total. The molecule has 5 nitrogen and oxygen atoms in total. The minimum atomic E-state index is -3.18. The van der Waals surface area contributed by atoms with Crippen LogP contribution in [-0.4, -0.2) is 33.2 Å². The highest BCUT2D eigenvalue weighted by Gasteiger charge is 2.16. The zero-order chi connectivity index (χ0) is 16.2. The fraction of sp³-hybridized carbons (Fsp3) is 0.562. The van der Waals surface area contributed by atoms with Gasteiger partial charge in [-0.25, -0.2) is 8.42 Å². The SMILES string of the molecule is CC(NC(=O)CCC1CCCN1)c1ccc(S(C)(=O)=O)cc1.Cl. The predicted octanol–water partition coefficient (Wildman–Crippen LogP) is 2.22. The van der Waals surface area contributed by atoms with Gasteiger partial charge in [-0.05, 0) is 50.4 Å². The summed E-state index contributed by atoms with van der Waals surface area (Å²) in [6.45, 7) is 2.95. The number of rotatable bonds is 6. The smallest absolute Gasteiger partial charge is 0.220 e. The van der Waals surface area contributed by atoms with Gasteiger partial charge in [-0.15, -0.1) is 12.4 Å². The van der Waals surface area contributed by atoms with Crippen molar-refractivity contribution >= 4 is 28.2 Å². The molecule has 0 spiro atoms. The fourth-order valence-electron chi connectivity index (χ4n) is 2.71. The molecule has 23 heavy (non-hydrogen) atoms. The fourth-order valence-corrected chi connectivity index (χ4v) is 3.34. The summed E-state index contributed by atoms with van der Waals surface area (Å²) in [6.07, 6.45) is 4.91. The second-order valence-electron chi connectivity index (χ2n) is 5.96. The van der Waals surface area contributed by atoms with Crippen LogP contribution in [0.2, 0.25) is 0 Å². The van der Waals surface area contributed by atoms with Gasteiger partial charge in [0.25, 0.3) is 0 Å². The Hall–Kier alpha value is -1.11. The van der Waals surface area contributed by atoms with Crippen LogP contribution in [0.15, 0.2) is 29.2 Å². The van der Waals surface area contributed by atoms with Crippen molar-refractivity contribution in [3.63, 3.8) is 0 Å². The molecule has 1 aliphatic rings. The second kappa shape index (κ2) is 8.66. The van der Waals surface area contributed by atoms with Crippen molar-refractivity contribution in [1.82, 2.24) is 10.6 Å². The van der Waals surface area contributed by atoms with Gasteiger partial charge in [0.15, 0.2) is 9.84 Å². The quantitative estimate of drug-likeness (QED) is 0.815. The molecule has 2 rings (SSSR count). The summed E-state index contributed by atoms with van der Waals surface area (Å²) in [5, 5.41) is 6.34. The summed E-state index contributed by atoms with van der Waals surface area (Å²) in [5.41, 5.74) is 0.903. The largest absolute Gasteiger partial charge is 0.350 e. The molecule has 1 aromatic carbocycles. The van der Waals surface area contributed by atoms with Gasteiger partial charge in [0, 0.05) is 18.7 Å². The Kier molecular flexibility index (Phi) is 7.51. The van der Waals surface area contributed by atoms with Crippen LogP contribution in [0.25, 0.3) is 0 Å². The third kappa shape index (κ3) is 6.12. The number of hydrogen-bond acceptors (Lipinski definition) is 4. The Balaban J connectivity index is 0.00000264. The summed E-state index contributed by atoms with van der Waals surface area (Å²) >= 11 is 0. The van der Waals surface area contributed by atoms with E-state index in [2.05, 4.69) is 10.6 Å². The second-order valence-corrected chi connectivity index (χ2v) is 7.98. The topological polar surface area (TPSA) is 75.3 Å². The van der Waals surface area contributed by atoms with E-state index >= 15 is 0 Å². The number of carbonyl (C=O) groups is 1. The summed E-state index contributed by atoms with van der Waals surface area (Å²) in [7, 11) is -3.18. The first-order valence-electron chi connectivity index (χ1n) is 7.69. The number of benzene rings is 1. The molecule has 2 atom stereocenters. The van der Waals surface area contributed by atoms with Crippen LogP contribution in [-0.2, 0) is 14.6 Å². The molecule has 2 unspecified atom stereocenters.